The van der Waals surface area contributed by atoms with Crippen molar-refractivity contribution in [3.63, 3.8) is 0 Å². The predicted octanol–water partition coefficient (Wildman–Crippen LogP) is 1.99. The fourth-order valence-electron chi connectivity index (χ4n) is 3.02. The second kappa shape index (κ2) is 7.99. The van der Waals surface area contributed by atoms with E-state index >= 15 is 0 Å². The predicted molar refractivity (Wildman–Crippen MR) is 94.3 cm³/mol. The third-order valence-electron chi connectivity index (χ3n) is 4.34. The number of amides is 1. The van der Waals surface area contributed by atoms with Crippen LogP contribution in [0.2, 0.25) is 0 Å². The smallest absolute Gasteiger partial charge is 0.257 e. The first-order chi connectivity index (χ1) is 12.7. The van der Waals surface area contributed by atoms with Gasteiger partial charge in [0.2, 0.25) is 0 Å². The lowest BCUT2D eigenvalue weighted by Crippen LogP contribution is -2.36. The summed E-state index contributed by atoms with van der Waals surface area (Å²) in [6.07, 6.45) is 3.91. The zero-order valence-corrected chi connectivity index (χ0v) is 14.8. The number of carbonyl (C=O) groups excluding carboxylic acids is 1. The molecule has 2 heterocycles. The lowest BCUT2D eigenvalue weighted by atomic mass is 10.1. The molecule has 1 amide bonds. The highest BCUT2D eigenvalue weighted by Gasteiger charge is 2.25. The summed E-state index contributed by atoms with van der Waals surface area (Å²) in [5, 5.41) is 0. The van der Waals surface area contributed by atoms with Gasteiger partial charge in [-0.15, -0.1) is 0 Å². The largest absolute Gasteiger partial charge is 0.494 e. The summed E-state index contributed by atoms with van der Waals surface area (Å²) in [6, 6.07) is 4.59. The average Bonchev–Trinajstić information content (AvgIpc) is 2.93. The van der Waals surface area contributed by atoms with Crippen LogP contribution in [-0.4, -0.2) is 61.2 Å². The Morgan fingerprint density at radius 1 is 1.08 bits per heavy atom. The first kappa shape index (κ1) is 17.9. The van der Waals surface area contributed by atoms with Crippen molar-refractivity contribution in [3.05, 3.63) is 42.0 Å². The van der Waals surface area contributed by atoms with Gasteiger partial charge in [0.15, 0.2) is 17.4 Å². The van der Waals surface area contributed by atoms with Gasteiger partial charge in [-0.25, -0.2) is 14.4 Å². The Bertz CT molecular complexity index is 787. The molecule has 0 saturated carbocycles. The van der Waals surface area contributed by atoms with Gasteiger partial charge in [0.05, 0.1) is 19.8 Å². The van der Waals surface area contributed by atoms with Crippen LogP contribution in [0.4, 0.5) is 10.2 Å². The number of benzene rings is 1. The Morgan fingerprint density at radius 2 is 1.88 bits per heavy atom. The highest BCUT2D eigenvalue weighted by molar-refractivity contribution is 5.95. The number of methoxy groups -OCH3 is 2. The summed E-state index contributed by atoms with van der Waals surface area (Å²) >= 11 is 0. The van der Waals surface area contributed by atoms with Crippen LogP contribution in [-0.2, 0) is 0 Å². The summed E-state index contributed by atoms with van der Waals surface area (Å²) in [5.41, 5.74) is 0.0230. The number of carbonyl (C=O) groups is 1. The molecule has 1 saturated heterocycles. The summed E-state index contributed by atoms with van der Waals surface area (Å²) in [7, 11) is 2.93. The molecule has 3 rings (SSSR count). The van der Waals surface area contributed by atoms with Gasteiger partial charge in [-0.3, -0.25) is 4.79 Å². The van der Waals surface area contributed by atoms with Crippen LogP contribution in [0.1, 0.15) is 16.8 Å². The molecular weight excluding hydrogens is 339 g/mol. The molecule has 0 unspecified atom stereocenters. The van der Waals surface area contributed by atoms with E-state index in [1.807, 2.05) is 4.90 Å². The fraction of sp³-hybridized carbons (Fsp3) is 0.389. The molecule has 0 aliphatic carbocycles. The first-order valence-corrected chi connectivity index (χ1v) is 8.37. The molecule has 8 heteroatoms. The van der Waals surface area contributed by atoms with Crippen molar-refractivity contribution in [2.45, 2.75) is 6.42 Å². The monoisotopic (exact) mass is 360 g/mol. The molecule has 0 radical (unpaired) electrons. The van der Waals surface area contributed by atoms with Crippen molar-refractivity contribution in [3.8, 4) is 11.6 Å². The Balaban J connectivity index is 1.75. The highest BCUT2D eigenvalue weighted by Crippen LogP contribution is 2.25. The number of halogens is 1. The number of hydrogen-bond donors (Lipinski definition) is 0. The van der Waals surface area contributed by atoms with Crippen LogP contribution < -0.4 is 14.4 Å². The summed E-state index contributed by atoms with van der Waals surface area (Å²) < 4.78 is 24.6. The van der Waals surface area contributed by atoms with Gasteiger partial charge in [0.1, 0.15) is 0 Å². The Labute approximate surface area is 151 Å². The molecule has 1 aromatic heterocycles. The van der Waals surface area contributed by atoms with E-state index in [0.717, 1.165) is 6.42 Å². The number of anilines is 1. The second-order valence-corrected chi connectivity index (χ2v) is 5.84. The number of hydrogen-bond acceptors (Lipinski definition) is 6. The fourth-order valence-corrected chi connectivity index (χ4v) is 3.02. The maximum absolute atomic E-state index is 14.4. The molecule has 1 fully saturated rings. The standard InChI is InChI=1S/C18H21FN4O3/c1-25-14-6-3-5-13(15(14)19)18(24)23-10-4-9-22(11-12-23)16-17(26-2)21-8-7-20-16/h3,5-8H,4,9-12H2,1-2H3. The van der Waals surface area contributed by atoms with E-state index in [9.17, 15) is 9.18 Å². The zero-order chi connectivity index (χ0) is 18.5. The van der Waals surface area contributed by atoms with Gasteiger partial charge in [-0.05, 0) is 18.6 Å². The molecular formula is C18H21FN4O3. The topological polar surface area (TPSA) is 67.8 Å². The number of rotatable bonds is 4. The summed E-state index contributed by atoms with van der Waals surface area (Å²) in [6.45, 7) is 2.26. The molecule has 138 valence electrons. The second-order valence-electron chi connectivity index (χ2n) is 5.84. The lowest BCUT2D eigenvalue weighted by molar-refractivity contribution is 0.0761. The summed E-state index contributed by atoms with van der Waals surface area (Å²) in [4.78, 5) is 25.0. The van der Waals surface area contributed by atoms with E-state index < -0.39 is 5.82 Å². The first-order valence-electron chi connectivity index (χ1n) is 8.37. The SMILES string of the molecule is COc1cccc(C(=O)N2CCCN(c3nccnc3OC)CC2)c1F. The van der Waals surface area contributed by atoms with Crippen molar-refractivity contribution < 1.29 is 18.7 Å². The molecule has 0 atom stereocenters. The highest BCUT2D eigenvalue weighted by atomic mass is 19.1. The Kier molecular flexibility index (Phi) is 5.50. The van der Waals surface area contributed by atoms with E-state index in [-0.39, 0.29) is 17.2 Å². The van der Waals surface area contributed by atoms with E-state index in [0.29, 0.717) is 37.9 Å². The maximum Gasteiger partial charge on any atom is 0.257 e. The van der Waals surface area contributed by atoms with Crippen molar-refractivity contribution in [1.29, 1.82) is 0 Å². The van der Waals surface area contributed by atoms with E-state index in [4.69, 9.17) is 9.47 Å². The van der Waals surface area contributed by atoms with Gasteiger partial charge in [-0.2, -0.15) is 0 Å². The number of ether oxygens (including phenoxy) is 2. The van der Waals surface area contributed by atoms with Gasteiger partial charge >= 0.3 is 0 Å². The van der Waals surface area contributed by atoms with E-state index in [1.165, 1.54) is 19.2 Å². The van der Waals surface area contributed by atoms with Crippen molar-refractivity contribution in [1.82, 2.24) is 14.9 Å². The minimum atomic E-state index is -0.628. The van der Waals surface area contributed by atoms with Crippen LogP contribution in [0.15, 0.2) is 30.6 Å². The van der Waals surface area contributed by atoms with Crippen LogP contribution in [0.5, 0.6) is 11.6 Å². The molecule has 1 aromatic carbocycles. The van der Waals surface area contributed by atoms with Crippen molar-refractivity contribution in [2.75, 3.05) is 45.3 Å². The molecule has 0 N–H and O–H groups in total. The van der Waals surface area contributed by atoms with Crippen LogP contribution >= 0.6 is 0 Å². The third-order valence-corrected chi connectivity index (χ3v) is 4.34. The number of aromatic nitrogens is 2. The Hall–Kier alpha value is -2.90. The number of nitrogens with zero attached hydrogens (tertiary/aromatic N) is 4. The van der Waals surface area contributed by atoms with Crippen LogP contribution in [0, 0.1) is 5.82 Å². The Morgan fingerprint density at radius 3 is 2.65 bits per heavy atom. The molecule has 7 nitrogen and oxygen atoms in total. The molecule has 0 spiro atoms. The van der Waals surface area contributed by atoms with E-state index in [2.05, 4.69) is 9.97 Å². The molecule has 2 aromatic rings. The quantitative estimate of drug-likeness (QED) is 0.831. The van der Waals surface area contributed by atoms with Gasteiger partial charge in [-0.1, -0.05) is 6.07 Å². The van der Waals surface area contributed by atoms with Crippen LogP contribution in [0.3, 0.4) is 0 Å². The van der Waals surface area contributed by atoms with Gasteiger partial charge in [0, 0.05) is 38.6 Å². The zero-order valence-electron chi connectivity index (χ0n) is 14.8. The van der Waals surface area contributed by atoms with Gasteiger partial charge in [0.25, 0.3) is 11.8 Å². The van der Waals surface area contributed by atoms with Crippen LogP contribution in [0.25, 0.3) is 0 Å². The molecule has 26 heavy (non-hydrogen) atoms. The van der Waals surface area contributed by atoms with E-state index in [1.54, 1.807) is 30.5 Å². The minimum Gasteiger partial charge on any atom is -0.494 e. The lowest BCUT2D eigenvalue weighted by Gasteiger charge is -2.23. The van der Waals surface area contributed by atoms with Gasteiger partial charge < -0.3 is 19.3 Å². The molecule has 1 aliphatic heterocycles. The normalized spacial score (nSPS) is 14.7. The van der Waals surface area contributed by atoms with Crippen molar-refractivity contribution >= 4 is 11.7 Å². The summed E-state index contributed by atoms with van der Waals surface area (Å²) in [5.74, 6) is 0.200. The average molecular weight is 360 g/mol. The van der Waals surface area contributed by atoms with Crippen molar-refractivity contribution in [2.24, 2.45) is 0 Å². The molecule has 0 bridgehead atoms. The third kappa shape index (κ3) is 3.54. The maximum atomic E-state index is 14.4. The minimum absolute atomic E-state index is 0.0230. The molecule has 1 aliphatic rings.